The summed E-state index contributed by atoms with van der Waals surface area (Å²) in [7, 11) is 4.09. The van der Waals surface area contributed by atoms with Crippen molar-refractivity contribution in [3.63, 3.8) is 0 Å². The van der Waals surface area contributed by atoms with Gasteiger partial charge >= 0.3 is 0 Å². The molecule has 2 atom stereocenters. The van der Waals surface area contributed by atoms with Crippen LogP contribution in [0.1, 0.15) is 30.9 Å². The second-order valence-electron chi connectivity index (χ2n) is 5.07. The van der Waals surface area contributed by atoms with Crippen LogP contribution in [0.5, 0.6) is 0 Å². The first-order valence-corrected chi connectivity index (χ1v) is 6.49. The fourth-order valence-electron chi connectivity index (χ4n) is 2.46. The van der Waals surface area contributed by atoms with Crippen LogP contribution in [0.3, 0.4) is 0 Å². The van der Waals surface area contributed by atoms with Crippen LogP contribution in [0.25, 0.3) is 0 Å². The van der Waals surface area contributed by atoms with Gasteiger partial charge in [0.1, 0.15) is 0 Å². The third-order valence-corrected chi connectivity index (χ3v) is 3.68. The molecule has 2 rings (SSSR count). The molecular formula is C12H20ClN3O. The van der Waals surface area contributed by atoms with Crippen molar-refractivity contribution in [3.05, 3.63) is 16.9 Å². The van der Waals surface area contributed by atoms with Crippen LogP contribution in [0.15, 0.2) is 6.20 Å². The molecule has 0 aliphatic heterocycles. The molecule has 1 fully saturated rings. The van der Waals surface area contributed by atoms with E-state index in [1.165, 1.54) is 0 Å². The lowest BCUT2D eigenvalue weighted by Crippen LogP contribution is -2.21. The first kappa shape index (κ1) is 12.9. The van der Waals surface area contributed by atoms with Crippen molar-refractivity contribution in [3.8, 4) is 0 Å². The fraction of sp³-hybridized carbons (Fsp3) is 0.750. The van der Waals surface area contributed by atoms with Crippen LogP contribution >= 0.6 is 11.6 Å². The van der Waals surface area contributed by atoms with Gasteiger partial charge in [0.2, 0.25) is 0 Å². The molecule has 0 spiro atoms. The number of aromatic nitrogens is 2. The minimum absolute atomic E-state index is 0.173. The largest absolute Gasteiger partial charge is 0.393 e. The Hall–Kier alpha value is -0.580. The summed E-state index contributed by atoms with van der Waals surface area (Å²) in [5, 5.41) is 14.7. The quantitative estimate of drug-likeness (QED) is 0.893. The fourth-order valence-corrected chi connectivity index (χ4v) is 2.75. The number of aliphatic hydroxyl groups excluding tert-OH is 1. The number of aliphatic hydroxyl groups is 1. The molecule has 0 bridgehead atoms. The SMILES string of the molecule is CN(C)CCn1ncc(Cl)c1C1CCC(O)C1. The van der Waals surface area contributed by atoms with Gasteiger partial charge in [-0.3, -0.25) is 4.68 Å². The van der Waals surface area contributed by atoms with E-state index < -0.39 is 0 Å². The highest BCUT2D eigenvalue weighted by Gasteiger charge is 2.28. The van der Waals surface area contributed by atoms with E-state index in [1.807, 2.05) is 18.8 Å². The van der Waals surface area contributed by atoms with Gasteiger partial charge in [-0.25, -0.2) is 0 Å². The maximum atomic E-state index is 9.62. The lowest BCUT2D eigenvalue weighted by atomic mass is 10.0. The van der Waals surface area contributed by atoms with Gasteiger partial charge in [0.25, 0.3) is 0 Å². The predicted octanol–water partition coefficient (Wildman–Crippen LogP) is 1.73. The molecule has 1 saturated carbocycles. The van der Waals surface area contributed by atoms with Crippen LogP contribution in [0, 0.1) is 0 Å². The summed E-state index contributed by atoms with van der Waals surface area (Å²) in [6, 6.07) is 0. The van der Waals surface area contributed by atoms with Crippen LogP contribution in [-0.2, 0) is 6.54 Å². The molecule has 0 saturated heterocycles. The van der Waals surface area contributed by atoms with Gasteiger partial charge in [0.15, 0.2) is 0 Å². The highest BCUT2D eigenvalue weighted by molar-refractivity contribution is 6.31. The van der Waals surface area contributed by atoms with Crippen LogP contribution in [-0.4, -0.2) is 46.5 Å². The Balaban J connectivity index is 2.12. The molecular weight excluding hydrogens is 238 g/mol. The van der Waals surface area contributed by atoms with E-state index in [2.05, 4.69) is 10.00 Å². The zero-order valence-electron chi connectivity index (χ0n) is 10.4. The molecule has 1 aromatic rings. The normalized spacial score (nSPS) is 24.8. The summed E-state index contributed by atoms with van der Waals surface area (Å²) in [4.78, 5) is 2.13. The smallest absolute Gasteiger partial charge is 0.0820 e. The Morgan fingerprint density at radius 1 is 1.53 bits per heavy atom. The Morgan fingerprint density at radius 3 is 2.88 bits per heavy atom. The van der Waals surface area contributed by atoms with Gasteiger partial charge < -0.3 is 10.0 Å². The van der Waals surface area contributed by atoms with E-state index in [-0.39, 0.29) is 6.10 Å². The van der Waals surface area contributed by atoms with Crippen molar-refractivity contribution < 1.29 is 5.11 Å². The lowest BCUT2D eigenvalue weighted by Gasteiger charge is -2.15. The molecule has 0 radical (unpaired) electrons. The first-order valence-electron chi connectivity index (χ1n) is 6.12. The summed E-state index contributed by atoms with van der Waals surface area (Å²) in [6.45, 7) is 1.79. The number of hydrogen-bond donors (Lipinski definition) is 1. The number of likely N-dealkylation sites (N-methyl/N-ethyl adjacent to an activating group) is 1. The molecule has 1 aliphatic carbocycles. The molecule has 0 amide bonds. The van der Waals surface area contributed by atoms with E-state index in [0.29, 0.717) is 5.92 Å². The zero-order valence-corrected chi connectivity index (χ0v) is 11.2. The molecule has 1 heterocycles. The maximum Gasteiger partial charge on any atom is 0.0820 e. The molecule has 4 nitrogen and oxygen atoms in total. The molecule has 17 heavy (non-hydrogen) atoms. The van der Waals surface area contributed by atoms with Crippen molar-refractivity contribution in [2.24, 2.45) is 0 Å². The average molecular weight is 258 g/mol. The highest BCUT2D eigenvalue weighted by Crippen LogP contribution is 2.37. The van der Waals surface area contributed by atoms with E-state index in [4.69, 9.17) is 11.6 Å². The number of hydrogen-bond acceptors (Lipinski definition) is 3. The zero-order chi connectivity index (χ0) is 12.4. The van der Waals surface area contributed by atoms with Crippen LogP contribution in [0.2, 0.25) is 5.02 Å². The Labute approximate surface area is 107 Å². The van der Waals surface area contributed by atoms with Crippen molar-refractivity contribution in [2.75, 3.05) is 20.6 Å². The van der Waals surface area contributed by atoms with Gasteiger partial charge in [-0.05, 0) is 33.4 Å². The second-order valence-corrected chi connectivity index (χ2v) is 5.48. The maximum absolute atomic E-state index is 9.62. The first-order chi connectivity index (χ1) is 8.08. The average Bonchev–Trinajstić information content (AvgIpc) is 2.82. The van der Waals surface area contributed by atoms with E-state index in [9.17, 15) is 5.11 Å². The summed E-state index contributed by atoms with van der Waals surface area (Å²) in [5.74, 6) is 0.363. The lowest BCUT2D eigenvalue weighted by molar-refractivity contribution is 0.181. The summed E-state index contributed by atoms with van der Waals surface area (Å²) >= 11 is 6.21. The molecule has 2 unspecified atom stereocenters. The van der Waals surface area contributed by atoms with Gasteiger partial charge in [-0.1, -0.05) is 11.6 Å². The number of rotatable bonds is 4. The van der Waals surface area contributed by atoms with Gasteiger partial charge in [0.05, 0.1) is 29.6 Å². The molecule has 1 aliphatic rings. The number of nitrogens with zero attached hydrogens (tertiary/aromatic N) is 3. The van der Waals surface area contributed by atoms with Crippen molar-refractivity contribution in [1.82, 2.24) is 14.7 Å². The number of halogens is 1. The molecule has 1 N–H and O–H groups in total. The Kier molecular flexibility index (Phi) is 4.07. The van der Waals surface area contributed by atoms with Crippen LogP contribution < -0.4 is 0 Å². The second kappa shape index (κ2) is 5.38. The monoisotopic (exact) mass is 257 g/mol. The molecule has 0 aromatic carbocycles. The minimum atomic E-state index is -0.173. The molecule has 96 valence electrons. The van der Waals surface area contributed by atoms with Crippen molar-refractivity contribution in [2.45, 2.75) is 37.8 Å². The summed E-state index contributed by atoms with van der Waals surface area (Å²) in [6.07, 6.45) is 4.24. The Morgan fingerprint density at radius 2 is 2.29 bits per heavy atom. The van der Waals surface area contributed by atoms with Gasteiger partial charge in [0, 0.05) is 12.5 Å². The minimum Gasteiger partial charge on any atom is -0.393 e. The standard InChI is InChI=1S/C12H20ClN3O/c1-15(2)5-6-16-12(11(13)8-14-16)9-3-4-10(17)7-9/h8-10,17H,3-7H2,1-2H3. The van der Waals surface area contributed by atoms with Crippen molar-refractivity contribution >= 4 is 11.6 Å². The molecule has 5 heteroatoms. The molecule has 1 aromatic heterocycles. The van der Waals surface area contributed by atoms with Gasteiger partial charge in [-0.15, -0.1) is 0 Å². The third kappa shape index (κ3) is 3.00. The topological polar surface area (TPSA) is 41.3 Å². The summed E-state index contributed by atoms with van der Waals surface area (Å²) in [5.41, 5.74) is 1.10. The van der Waals surface area contributed by atoms with E-state index in [1.54, 1.807) is 6.20 Å². The Bertz CT molecular complexity index is 378. The van der Waals surface area contributed by atoms with Crippen LogP contribution in [0.4, 0.5) is 0 Å². The third-order valence-electron chi connectivity index (χ3n) is 3.38. The predicted molar refractivity (Wildman–Crippen MR) is 68.4 cm³/mol. The summed E-state index contributed by atoms with van der Waals surface area (Å²) < 4.78 is 1.99. The van der Waals surface area contributed by atoms with Crippen molar-refractivity contribution in [1.29, 1.82) is 0 Å². The van der Waals surface area contributed by atoms with Gasteiger partial charge in [-0.2, -0.15) is 5.10 Å². The highest BCUT2D eigenvalue weighted by atomic mass is 35.5. The van der Waals surface area contributed by atoms with E-state index >= 15 is 0 Å². The van der Waals surface area contributed by atoms with E-state index in [0.717, 1.165) is 43.1 Å².